The summed E-state index contributed by atoms with van der Waals surface area (Å²) in [5.74, 6) is -1.55. The molecule has 70 valence electrons. The summed E-state index contributed by atoms with van der Waals surface area (Å²) in [4.78, 5) is 21.0. The van der Waals surface area contributed by atoms with Crippen LogP contribution in [0.2, 0.25) is 0 Å². The second kappa shape index (κ2) is 3.93. The van der Waals surface area contributed by atoms with E-state index in [0.717, 1.165) is 13.8 Å². The van der Waals surface area contributed by atoms with Crippen molar-refractivity contribution >= 4 is 23.3 Å². The molecule has 0 radical (unpaired) electrons. The van der Waals surface area contributed by atoms with Gasteiger partial charge in [0.25, 0.3) is 0 Å². The second-order valence-corrected chi connectivity index (χ2v) is 3.33. The number of Topliss-reactive ketones (excluding diaryl/α,β-unsaturated/α-hetero) is 2. The molecule has 0 N–H and O–H groups in total. The maximum absolute atomic E-state index is 11.7. The van der Waals surface area contributed by atoms with E-state index in [1.165, 1.54) is 0 Å². The number of hydrogen-bond donors (Lipinski definition) is 0. The molecule has 0 saturated carbocycles. The number of alkyl halides is 3. The van der Waals surface area contributed by atoms with Crippen molar-refractivity contribution < 1.29 is 22.8 Å². The van der Waals surface area contributed by atoms with Gasteiger partial charge in [0.2, 0.25) is 0 Å². The summed E-state index contributed by atoms with van der Waals surface area (Å²) in [6, 6.07) is 0. The van der Waals surface area contributed by atoms with Crippen LogP contribution in [0, 0.1) is 0 Å². The van der Waals surface area contributed by atoms with Gasteiger partial charge in [0.1, 0.15) is 5.25 Å². The summed E-state index contributed by atoms with van der Waals surface area (Å²) < 4.78 is 35.1. The molecule has 6 heteroatoms. The van der Waals surface area contributed by atoms with Crippen molar-refractivity contribution in [2.45, 2.75) is 24.6 Å². The lowest BCUT2D eigenvalue weighted by Gasteiger charge is -2.11. The molecule has 0 amide bonds. The molecule has 0 aliphatic heterocycles. The summed E-state index contributed by atoms with van der Waals surface area (Å²) in [5, 5.41) is -1.61. The van der Waals surface area contributed by atoms with E-state index in [2.05, 4.69) is 0 Å². The van der Waals surface area contributed by atoms with Gasteiger partial charge in [-0.3, -0.25) is 9.59 Å². The first-order valence-electron chi connectivity index (χ1n) is 2.99. The number of hydrogen-bond acceptors (Lipinski definition) is 3. The fourth-order valence-electron chi connectivity index (χ4n) is 0.586. The Morgan fingerprint density at radius 2 is 1.50 bits per heavy atom. The first-order valence-corrected chi connectivity index (χ1v) is 3.87. The van der Waals surface area contributed by atoms with Gasteiger partial charge in [0, 0.05) is 0 Å². The third-order valence-corrected chi connectivity index (χ3v) is 2.16. The minimum Gasteiger partial charge on any atom is -0.298 e. The second-order valence-electron chi connectivity index (χ2n) is 2.16. The van der Waals surface area contributed by atoms with E-state index in [1.807, 2.05) is 0 Å². The normalized spacial score (nSPS) is 11.8. The minimum atomic E-state index is -4.54. The Morgan fingerprint density at radius 1 is 1.17 bits per heavy atom. The van der Waals surface area contributed by atoms with Crippen LogP contribution < -0.4 is 0 Å². The molecular formula is C6H7F3O2S. The molecule has 0 unspecified atom stereocenters. The average molecular weight is 200 g/mol. The lowest BCUT2D eigenvalue weighted by Crippen LogP contribution is -2.26. The van der Waals surface area contributed by atoms with Crippen molar-refractivity contribution in [3.8, 4) is 0 Å². The fraction of sp³-hybridized carbons (Fsp3) is 0.667. The highest BCUT2D eigenvalue weighted by molar-refractivity contribution is 8.02. The Kier molecular flexibility index (Phi) is 3.76. The van der Waals surface area contributed by atoms with Crippen LogP contribution in [0.5, 0.6) is 0 Å². The molecule has 2 nitrogen and oxygen atoms in total. The highest BCUT2D eigenvalue weighted by atomic mass is 32.2. The van der Waals surface area contributed by atoms with Crippen molar-refractivity contribution in [2.75, 3.05) is 0 Å². The average Bonchev–Trinajstić information content (AvgIpc) is 1.79. The van der Waals surface area contributed by atoms with Crippen molar-refractivity contribution in [2.24, 2.45) is 0 Å². The van der Waals surface area contributed by atoms with Crippen LogP contribution >= 0.6 is 11.8 Å². The Balaban J connectivity index is 4.35. The lowest BCUT2D eigenvalue weighted by atomic mass is 10.2. The number of rotatable bonds is 3. The fourth-order valence-corrected chi connectivity index (χ4v) is 1.19. The monoisotopic (exact) mass is 200 g/mol. The van der Waals surface area contributed by atoms with Crippen molar-refractivity contribution in [1.82, 2.24) is 0 Å². The SMILES string of the molecule is CC(=O)C(SC(F)(F)F)C(C)=O. The molecule has 12 heavy (non-hydrogen) atoms. The lowest BCUT2D eigenvalue weighted by molar-refractivity contribution is -0.124. The summed E-state index contributed by atoms with van der Waals surface area (Å²) >= 11 is -0.581. The zero-order valence-corrected chi connectivity index (χ0v) is 7.25. The molecule has 0 aliphatic carbocycles. The zero-order chi connectivity index (χ0) is 9.94. The Morgan fingerprint density at radius 3 is 1.58 bits per heavy atom. The molecule has 0 spiro atoms. The smallest absolute Gasteiger partial charge is 0.298 e. The Hall–Kier alpha value is -0.520. The number of halogens is 3. The van der Waals surface area contributed by atoms with Gasteiger partial charge >= 0.3 is 5.51 Å². The molecule has 0 aliphatic rings. The van der Waals surface area contributed by atoms with Crippen molar-refractivity contribution in [3.05, 3.63) is 0 Å². The molecule has 0 atom stereocenters. The van der Waals surface area contributed by atoms with E-state index in [-0.39, 0.29) is 0 Å². The molecule has 0 heterocycles. The predicted octanol–water partition coefficient (Wildman–Crippen LogP) is 1.79. The first-order chi connectivity index (χ1) is 5.24. The third kappa shape index (κ3) is 4.38. The van der Waals surface area contributed by atoms with E-state index in [1.54, 1.807) is 0 Å². The molecule has 0 aromatic heterocycles. The van der Waals surface area contributed by atoms with Gasteiger partial charge in [-0.25, -0.2) is 0 Å². The number of thioether (sulfide) groups is 1. The Bertz CT molecular complexity index is 185. The highest BCUT2D eigenvalue weighted by Crippen LogP contribution is 2.34. The van der Waals surface area contributed by atoms with Crippen LogP contribution in [0.25, 0.3) is 0 Å². The van der Waals surface area contributed by atoms with E-state index < -0.39 is 34.1 Å². The van der Waals surface area contributed by atoms with Crippen molar-refractivity contribution in [3.63, 3.8) is 0 Å². The van der Waals surface area contributed by atoms with Crippen LogP contribution in [0.4, 0.5) is 13.2 Å². The van der Waals surface area contributed by atoms with E-state index in [9.17, 15) is 22.8 Å². The maximum atomic E-state index is 11.7. The number of ketones is 2. The van der Waals surface area contributed by atoms with Gasteiger partial charge in [0.15, 0.2) is 11.6 Å². The molecular weight excluding hydrogens is 193 g/mol. The van der Waals surface area contributed by atoms with Crippen LogP contribution in [0.15, 0.2) is 0 Å². The summed E-state index contributed by atoms with van der Waals surface area (Å²) in [5.41, 5.74) is -4.54. The van der Waals surface area contributed by atoms with Crippen LogP contribution in [0.1, 0.15) is 13.8 Å². The standard InChI is InChI=1S/C6H7F3O2S/c1-3(10)5(4(2)11)12-6(7,8)9/h5H,1-2H3. The highest BCUT2D eigenvalue weighted by Gasteiger charge is 2.37. The third-order valence-electron chi connectivity index (χ3n) is 0.990. The largest absolute Gasteiger partial charge is 0.442 e. The molecule has 0 bridgehead atoms. The molecule has 0 fully saturated rings. The number of carbonyl (C=O) groups is 2. The van der Waals surface area contributed by atoms with Crippen molar-refractivity contribution in [1.29, 1.82) is 0 Å². The van der Waals surface area contributed by atoms with Crippen LogP contribution in [-0.4, -0.2) is 22.3 Å². The van der Waals surface area contributed by atoms with Crippen LogP contribution in [0.3, 0.4) is 0 Å². The first kappa shape index (κ1) is 11.5. The van der Waals surface area contributed by atoms with Gasteiger partial charge < -0.3 is 0 Å². The van der Waals surface area contributed by atoms with Gasteiger partial charge in [-0.15, -0.1) is 0 Å². The minimum absolute atomic E-state index is 0.581. The van der Waals surface area contributed by atoms with Gasteiger partial charge in [-0.05, 0) is 25.6 Å². The van der Waals surface area contributed by atoms with Gasteiger partial charge in [0.05, 0.1) is 0 Å². The molecule has 0 aromatic carbocycles. The maximum Gasteiger partial charge on any atom is 0.442 e. The van der Waals surface area contributed by atoms with E-state index in [0.29, 0.717) is 0 Å². The van der Waals surface area contributed by atoms with E-state index in [4.69, 9.17) is 0 Å². The summed E-state index contributed by atoms with van der Waals surface area (Å²) in [7, 11) is 0. The topological polar surface area (TPSA) is 34.1 Å². The molecule has 0 aromatic rings. The Labute approximate surface area is 71.5 Å². The van der Waals surface area contributed by atoms with Crippen LogP contribution in [-0.2, 0) is 9.59 Å². The zero-order valence-electron chi connectivity index (χ0n) is 6.44. The van der Waals surface area contributed by atoms with E-state index >= 15 is 0 Å². The quantitative estimate of drug-likeness (QED) is 0.651. The molecule has 0 saturated heterocycles. The molecule has 0 rings (SSSR count). The summed E-state index contributed by atoms with van der Waals surface area (Å²) in [6.45, 7) is 1.93. The van der Waals surface area contributed by atoms with Gasteiger partial charge in [-0.2, -0.15) is 13.2 Å². The number of carbonyl (C=O) groups excluding carboxylic acids is 2. The summed E-state index contributed by atoms with van der Waals surface area (Å²) in [6.07, 6.45) is 0. The predicted molar refractivity (Wildman–Crippen MR) is 38.8 cm³/mol. The van der Waals surface area contributed by atoms with Gasteiger partial charge in [-0.1, -0.05) is 0 Å².